The molecule has 8 nitrogen and oxygen atoms in total. The van der Waals surface area contributed by atoms with Gasteiger partial charge in [-0.05, 0) is 31.2 Å². The van der Waals surface area contributed by atoms with Crippen LogP contribution in [-0.4, -0.2) is 39.8 Å². The molecule has 0 bridgehead atoms. The highest BCUT2D eigenvalue weighted by Gasteiger charge is 2.28. The topological polar surface area (TPSA) is 111 Å². The first kappa shape index (κ1) is 17.2. The molecule has 1 aliphatic rings. The lowest BCUT2D eigenvalue weighted by molar-refractivity contribution is 0.0599. The number of fused-ring (bicyclic) bond motifs is 1. The van der Waals surface area contributed by atoms with E-state index in [1.165, 1.54) is 31.7 Å². The summed E-state index contributed by atoms with van der Waals surface area (Å²) >= 11 is 1.34. The second-order valence-electron chi connectivity index (χ2n) is 5.70. The number of aryl methyl sites for hydroxylation is 2. The van der Waals surface area contributed by atoms with Crippen molar-refractivity contribution in [2.24, 2.45) is 7.05 Å². The predicted octanol–water partition coefficient (Wildman–Crippen LogP) is 2.10. The molecule has 1 aliphatic carbocycles. The number of thiophene rings is 1. The van der Waals surface area contributed by atoms with Crippen LogP contribution in [-0.2, 0) is 24.6 Å². The van der Waals surface area contributed by atoms with Gasteiger partial charge in [0.15, 0.2) is 5.69 Å². The minimum absolute atomic E-state index is 0.0582. The number of carboxylic acids is 1. The zero-order valence-electron chi connectivity index (χ0n) is 13.8. The van der Waals surface area contributed by atoms with Gasteiger partial charge in [0.2, 0.25) is 0 Å². The molecule has 0 aromatic carbocycles. The Labute approximate surface area is 147 Å². The summed E-state index contributed by atoms with van der Waals surface area (Å²) in [5, 5.41) is 16.1. The summed E-state index contributed by atoms with van der Waals surface area (Å²) in [4.78, 5) is 37.1. The van der Waals surface area contributed by atoms with Crippen LogP contribution < -0.4 is 5.32 Å². The van der Waals surface area contributed by atoms with E-state index >= 15 is 0 Å². The van der Waals surface area contributed by atoms with Crippen molar-refractivity contribution >= 4 is 34.2 Å². The Morgan fingerprint density at radius 2 is 2.04 bits per heavy atom. The highest BCUT2D eigenvalue weighted by Crippen LogP contribution is 2.38. The molecule has 0 saturated heterocycles. The van der Waals surface area contributed by atoms with Gasteiger partial charge < -0.3 is 15.2 Å². The molecule has 0 fully saturated rings. The number of ether oxygens (including phenoxy) is 1. The molecule has 2 heterocycles. The summed E-state index contributed by atoms with van der Waals surface area (Å²) in [5.74, 6) is -2.36. The smallest absolute Gasteiger partial charge is 0.354 e. The lowest BCUT2D eigenvalue weighted by Gasteiger charge is -2.11. The normalized spacial score (nSPS) is 13.2. The average molecular weight is 363 g/mol. The first-order valence-corrected chi connectivity index (χ1v) is 8.55. The van der Waals surface area contributed by atoms with Crippen molar-refractivity contribution in [3.63, 3.8) is 0 Å². The van der Waals surface area contributed by atoms with Gasteiger partial charge in [0.05, 0.1) is 24.4 Å². The molecule has 0 atom stereocenters. The van der Waals surface area contributed by atoms with E-state index in [0.717, 1.165) is 40.8 Å². The maximum absolute atomic E-state index is 12.6. The number of hydrogen-bond donors (Lipinski definition) is 2. The minimum atomic E-state index is -1.25. The van der Waals surface area contributed by atoms with E-state index in [0.29, 0.717) is 10.6 Å². The Hall–Kier alpha value is -2.68. The van der Waals surface area contributed by atoms with Crippen LogP contribution in [0.1, 0.15) is 54.5 Å². The van der Waals surface area contributed by atoms with Crippen LogP contribution in [0.4, 0.5) is 5.00 Å². The Balaban J connectivity index is 1.98. The maximum atomic E-state index is 12.6. The molecule has 2 aromatic rings. The van der Waals surface area contributed by atoms with Gasteiger partial charge in [0, 0.05) is 11.9 Å². The first-order valence-electron chi connectivity index (χ1n) is 7.73. The molecule has 9 heteroatoms. The fourth-order valence-corrected chi connectivity index (χ4v) is 4.27. The van der Waals surface area contributed by atoms with Gasteiger partial charge in [-0.3, -0.25) is 9.48 Å². The number of anilines is 1. The number of rotatable bonds is 4. The molecular formula is C16H17N3O5S. The standard InChI is InChI=1S/C16H17N3O5S/c1-19-12(15(21)22)9(7-17-19)13(20)18-14-11(16(23)24-2)8-5-3-4-6-10(8)25-14/h7H,3-6H2,1-2H3,(H,18,20)(H,21,22). The van der Waals surface area contributed by atoms with Crippen LogP contribution in [0.2, 0.25) is 0 Å². The molecule has 0 saturated carbocycles. The van der Waals surface area contributed by atoms with Crippen molar-refractivity contribution in [1.29, 1.82) is 0 Å². The van der Waals surface area contributed by atoms with E-state index in [1.807, 2.05) is 0 Å². The SMILES string of the molecule is COC(=O)c1c(NC(=O)c2cnn(C)c2C(=O)O)sc2c1CCCC2. The Morgan fingerprint density at radius 3 is 2.72 bits per heavy atom. The molecular weight excluding hydrogens is 346 g/mol. The summed E-state index contributed by atoms with van der Waals surface area (Å²) in [6.07, 6.45) is 4.83. The van der Waals surface area contributed by atoms with E-state index in [1.54, 1.807) is 0 Å². The predicted molar refractivity (Wildman–Crippen MR) is 90.4 cm³/mol. The van der Waals surface area contributed by atoms with Crippen LogP contribution in [0, 0.1) is 0 Å². The zero-order chi connectivity index (χ0) is 18.1. The number of methoxy groups -OCH3 is 1. The number of hydrogen-bond acceptors (Lipinski definition) is 6. The molecule has 1 amide bonds. The molecule has 0 unspecified atom stereocenters. The fourth-order valence-electron chi connectivity index (χ4n) is 3.00. The van der Waals surface area contributed by atoms with Crippen molar-refractivity contribution in [2.75, 3.05) is 12.4 Å². The molecule has 0 spiro atoms. The number of esters is 1. The quantitative estimate of drug-likeness (QED) is 0.805. The number of nitrogens with one attached hydrogen (secondary N) is 1. The van der Waals surface area contributed by atoms with Crippen molar-refractivity contribution in [3.05, 3.63) is 33.5 Å². The van der Waals surface area contributed by atoms with Gasteiger partial charge in [0.1, 0.15) is 5.00 Å². The number of nitrogens with zero attached hydrogens (tertiary/aromatic N) is 2. The van der Waals surface area contributed by atoms with Crippen LogP contribution in [0.5, 0.6) is 0 Å². The number of amides is 1. The average Bonchev–Trinajstić information content (AvgIpc) is 3.14. The van der Waals surface area contributed by atoms with E-state index < -0.39 is 17.8 Å². The number of carboxylic acid groups (broad SMARTS) is 1. The highest BCUT2D eigenvalue weighted by atomic mass is 32.1. The van der Waals surface area contributed by atoms with Gasteiger partial charge in [-0.15, -0.1) is 11.3 Å². The van der Waals surface area contributed by atoms with Gasteiger partial charge in [-0.2, -0.15) is 5.10 Å². The van der Waals surface area contributed by atoms with Crippen LogP contribution >= 0.6 is 11.3 Å². The maximum Gasteiger partial charge on any atom is 0.354 e. The lowest BCUT2D eigenvalue weighted by Crippen LogP contribution is -2.18. The van der Waals surface area contributed by atoms with Gasteiger partial charge in [-0.25, -0.2) is 9.59 Å². The number of carbonyl (C=O) groups is 3. The molecule has 132 valence electrons. The third-order valence-electron chi connectivity index (χ3n) is 4.17. The van der Waals surface area contributed by atoms with Gasteiger partial charge in [-0.1, -0.05) is 0 Å². The van der Waals surface area contributed by atoms with Crippen molar-refractivity contribution in [1.82, 2.24) is 9.78 Å². The molecule has 0 aliphatic heterocycles. The van der Waals surface area contributed by atoms with Crippen LogP contribution in [0.25, 0.3) is 0 Å². The van der Waals surface area contributed by atoms with E-state index in [9.17, 15) is 19.5 Å². The van der Waals surface area contributed by atoms with Crippen LogP contribution in [0.15, 0.2) is 6.20 Å². The summed E-state index contributed by atoms with van der Waals surface area (Å²) in [6, 6.07) is 0. The molecule has 2 aromatic heterocycles. The third kappa shape index (κ3) is 3.02. The fraction of sp³-hybridized carbons (Fsp3) is 0.375. The monoisotopic (exact) mass is 363 g/mol. The van der Waals surface area contributed by atoms with Crippen LogP contribution in [0.3, 0.4) is 0 Å². The first-order chi connectivity index (χ1) is 11.9. The van der Waals surface area contributed by atoms with E-state index in [2.05, 4.69) is 10.4 Å². The summed E-state index contributed by atoms with van der Waals surface area (Å²) in [5.41, 5.74) is 1.02. The Bertz CT molecular complexity index is 867. The van der Waals surface area contributed by atoms with Crippen molar-refractivity contribution in [2.45, 2.75) is 25.7 Å². The summed E-state index contributed by atoms with van der Waals surface area (Å²) < 4.78 is 5.98. The van der Waals surface area contributed by atoms with Crippen molar-refractivity contribution < 1.29 is 24.2 Å². The Kier molecular flexibility index (Phi) is 4.58. The second-order valence-corrected chi connectivity index (χ2v) is 6.80. The van der Waals surface area contributed by atoms with E-state index in [4.69, 9.17) is 4.74 Å². The molecule has 3 rings (SSSR count). The Morgan fingerprint density at radius 1 is 1.32 bits per heavy atom. The third-order valence-corrected chi connectivity index (χ3v) is 5.38. The summed E-state index contributed by atoms with van der Waals surface area (Å²) in [7, 11) is 2.74. The minimum Gasteiger partial charge on any atom is -0.477 e. The molecule has 25 heavy (non-hydrogen) atoms. The largest absolute Gasteiger partial charge is 0.477 e. The highest BCUT2D eigenvalue weighted by molar-refractivity contribution is 7.17. The molecule has 2 N–H and O–H groups in total. The van der Waals surface area contributed by atoms with E-state index in [-0.39, 0.29) is 11.3 Å². The molecule has 0 radical (unpaired) electrons. The summed E-state index contributed by atoms with van der Waals surface area (Å²) in [6.45, 7) is 0. The van der Waals surface area contributed by atoms with Crippen molar-refractivity contribution in [3.8, 4) is 0 Å². The zero-order valence-corrected chi connectivity index (χ0v) is 14.6. The van der Waals surface area contributed by atoms with Gasteiger partial charge in [0.25, 0.3) is 5.91 Å². The number of carbonyl (C=O) groups excluding carboxylic acids is 2. The van der Waals surface area contributed by atoms with Gasteiger partial charge >= 0.3 is 11.9 Å². The second kappa shape index (κ2) is 6.67. The lowest BCUT2D eigenvalue weighted by atomic mass is 9.95. The number of aromatic nitrogens is 2. The number of aromatic carboxylic acids is 1.